The SMILES string of the molecule is Cc1noc(C)c1COc1ccc(CC(=O)N(C)Cc2ccc(F)cc2)cc1. The molecule has 6 heteroatoms. The highest BCUT2D eigenvalue weighted by atomic mass is 19.1. The largest absolute Gasteiger partial charge is 0.489 e. The minimum absolute atomic E-state index is 0.00582. The zero-order valence-electron chi connectivity index (χ0n) is 16.2. The molecule has 0 saturated heterocycles. The van der Waals surface area contributed by atoms with Crippen molar-refractivity contribution in [1.29, 1.82) is 0 Å². The molecule has 0 aliphatic rings. The Morgan fingerprint density at radius 3 is 2.32 bits per heavy atom. The van der Waals surface area contributed by atoms with Crippen molar-refractivity contribution in [3.05, 3.63) is 82.5 Å². The molecular weight excluding hydrogens is 359 g/mol. The van der Waals surface area contributed by atoms with Crippen LogP contribution in [-0.2, 0) is 24.4 Å². The fourth-order valence-corrected chi connectivity index (χ4v) is 2.83. The number of rotatable bonds is 7. The Kier molecular flexibility index (Phi) is 6.09. The van der Waals surface area contributed by atoms with Crippen LogP contribution in [0.3, 0.4) is 0 Å². The number of aryl methyl sites for hydroxylation is 2. The van der Waals surface area contributed by atoms with Gasteiger partial charge < -0.3 is 14.2 Å². The summed E-state index contributed by atoms with van der Waals surface area (Å²) in [7, 11) is 1.74. The second kappa shape index (κ2) is 8.69. The lowest BCUT2D eigenvalue weighted by Crippen LogP contribution is -2.27. The molecule has 0 N–H and O–H groups in total. The molecule has 0 bridgehead atoms. The molecule has 2 aromatic carbocycles. The highest BCUT2D eigenvalue weighted by molar-refractivity contribution is 5.78. The molecule has 0 aliphatic carbocycles. The number of nitrogens with zero attached hydrogens (tertiary/aromatic N) is 2. The number of ether oxygens (including phenoxy) is 1. The Bertz CT molecular complexity index is 914. The van der Waals surface area contributed by atoms with Crippen molar-refractivity contribution in [3.8, 4) is 5.75 Å². The van der Waals surface area contributed by atoms with Gasteiger partial charge in [0.25, 0.3) is 0 Å². The van der Waals surface area contributed by atoms with Gasteiger partial charge in [-0.1, -0.05) is 29.4 Å². The fraction of sp³-hybridized carbons (Fsp3) is 0.273. The Morgan fingerprint density at radius 2 is 1.71 bits per heavy atom. The molecule has 1 amide bonds. The van der Waals surface area contributed by atoms with E-state index >= 15 is 0 Å². The molecule has 1 heterocycles. The van der Waals surface area contributed by atoms with Gasteiger partial charge >= 0.3 is 0 Å². The molecule has 0 aliphatic heterocycles. The molecule has 3 aromatic rings. The van der Waals surface area contributed by atoms with E-state index in [1.807, 2.05) is 38.1 Å². The normalized spacial score (nSPS) is 10.7. The number of halogens is 1. The van der Waals surface area contributed by atoms with Crippen molar-refractivity contribution >= 4 is 5.91 Å². The predicted octanol–water partition coefficient (Wildman–Crippen LogP) is 4.21. The fourth-order valence-electron chi connectivity index (χ4n) is 2.83. The van der Waals surface area contributed by atoms with Gasteiger partial charge in [0, 0.05) is 13.6 Å². The first-order valence-electron chi connectivity index (χ1n) is 9.04. The Hall–Kier alpha value is -3.15. The maximum atomic E-state index is 13.0. The molecule has 5 nitrogen and oxygen atoms in total. The minimum atomic E-state index is -0.283. The number of hydrogen-bond donors (Lipinski definition) is 0. The summed E-state index contributed by atoms with van der Waals surface area (Å²) in [5, 5.41) is 3.91. The van der Waals surface area contributed by atoms with E-state index < -0.39 is 0 Å². The third kappa shape index (κ3) is 4.97. The van der Waals surface area contributed by atoms with Crippen LogP contribution in [0, 0.1) is 19.7 Å². The van der Waals surface area contributed by atoms with Crippen molar-refractivity contribution < 1.29 is 18.4 Å². The number of amides is 1. The summed E-state index contributed by atoms with van der Waals surface area (Å²) in [5.41, 5.74) is 3.56. The molecule has 146 valence electrons. The van der Waals surface area contributed by atoms with E-state index in [0.29, 0.717) is 19.6 Å². The van der Waals surface area contributed by atoms with E-state index in [4.69, 9.17) is 9.26 Å². The van der Waals surface area contributed by atoms with E-state index in [1.54, 1.807) is 24.1 Å². The number of benzene rings is 2. The third-order valence-corrected chi connectivity index (χ3v) is 4.60. The maximum Gasteiger partial charge on any atom is 0.227 e. The van der Waals surface area contributed by atoms with E-state index in [1.165, 1.54) is 12.1 Å². The zero-order valence-corrected chi connectivity index (χ0v) is 16.2. The van der Waals surface area contributed by atoms with Gasteiger partial charge in [-0.3, -0.25) is 4.79 Å². The van der Waals surface area contributed by atoms with Crippen molar-refractivity contribution in [1.82, 2.24) is 10.1 Å². The Balaban J connectivity index is 1.53. The van der Waals surface area contributed by atoms with Crippen LogP contribution in [-0.4, -0.2) is 23.0 Å². The van der Waals surface area contributed by atoms with Gasteiger partial charge in [0.2, 0.25) is 5.91 Å². The number of likely N-dealkylation sites (N-methyl/N-ethyl adjacent to an activating group) is 1. The zero-order chi connectivity index (χ0) is 20.1. The van der Waals surface area contributed by atoms with E-state index in [0.717, 1.165) is 33.9 Å². The Morgan fingerprint density at radius 1 is 1.07 bits per heavy atom. The molecule has 0 unspecified atom stereocenters. The van der Waals surface area contributed by atoms with E-state index in [2.05, 4.69) is 5.16 Å². The minimum Gasteiger partial charge on any atom is -0.489 e. The van der Waals surface area contributed by atoms with Crippen LogP contribution in [0.15, 0.2) is 53.1 Å². The van der Waals surface area contributed by atoms with Gasteiger partial charge in [-0.05, 0) is 49.2 Å². The molecular formula is C22H23FN2O3. The monoisotopic (exact) mass is 382 g/mol. The van der Waals surface area contributed by atoms with Crippen molar-refractivity contribution in [2.45, 2.75) is 33.4 Å². The lowest BCUT2D eigenvalue weighted by molar-refractivity contribution is -0.129. The van der Waals surface area contributed by atoms with Gasteiger partial charge in [0.05, 0.1) is 17.7 Å². The highest BCUT2D eigenvalue weighted by Gasteiger charge is 2.12. The third-order valence-electron chi connectivity index (χ3n) is 4.60. The second-order valence-corrected chi connectivity index (χ2v) is 6.79. The highest BCUT2D eigenvalue weighted by Crippen LogP contribution is 2.18. The van der Waals surface area contributed by atoms with Crippen LogP contribution in [0.4, 0.5) is 4.39 Å². The molecule has 3 rings (SSSR count). The van der Waals surface area contributed by atoms with Crippen LogP contribution in [0.2, 0.25) is 0 Å². The van der Waals surface area contributed by atoms with Gasteiger partial charge in [0.1, 0.15) is 23.9 Å². The maximum absolute atomic E-state index is 13.0. The van der Waals surface area contributed by atoms with Gasteiger partial charge in [-0.25, -0.2) is 4.39 Å². The molecule has 1 aromatic heterocycles. The number of hydrogen-bond acceptors (Lipinski definition) is 4. The summed E-state index contributed by atoms with van der Waals surface area (Å²) in [6, 6.07) is 13.6. The lowest BCUT2D eigenvalue weighted by atomic mass is 10.1. The summed E-state index contributed by atoms with van der Waals surface area (Å²) in [6.45, 7) is 4.57. The van der Waals surface area contributed by atoms with Crippen LogP contribution in [0.1, 0.15) is 28.1 Å². The molecule has 0 spiro atoms. The number of aromatic nitrogens is 1. The topological polar surface area (TPSA) is 55.6 Å². The van der Waals surface area contributed by atoms with E-state index in [-0.39, 0.29) is 11.7 Å². The smallest absolute Gasteiger partial charge is 0.227 e. The standard InChI is InChI=1S/C22H23FN2O3/c1-15-21(16(2)28-24-15)14-27-20-10-6-17(7-11-20)12-22(26)25(3)13-18-4-8-19(23)9-5-18/h4-11H,12-14H2,1-3H3. The van der Waals surface area contributed by atoms with Gasteiger partial charge in [-0.15, -0.1) is 0 Å². The van der Waals surface area contributed by atoms with Crippen molar-refractivity contribution in [3.63, 3.8) is 0 Å². The van der Waals surface area contributed by atoms with Crippen LogP contribution in [0.25, 0.3) is 0 Å². The molecule has 0 saturated carbocycles. The summed E-state index contributed by atoms with van der Waals surface area (Å²) >= 11 is 0. The Labute approximate surface area is 163 Å². The van der Waals surface area contributed by atoms with Crippen LogP contribution >= 0.6 is 0 Å². The molecule has 0 radical (unpaired) electrons. The van der Waals surface area contributed by atoms with E-state index in [9.17, 15) is 9.18 Å². The molecule has 0 atom stereocenters. The molecule has 28 heavy (non-hydrogen) atoms. The van der Waals surface area contributed by atoms with Gasteiger partial charge in [-0.2, -0.15) is 0 Å². The first kappa shape index (κ1) is 19.6. The number of carbonyl (C=O) groups is 1. The number of carbonyl (C=O) groups excluding carboxylic acids is 1. The average molecular weight is 382 g/mol. The first-order valence-corrected chi connectivity index (χ1v) is 9.04. The van der Waals surface area contributed by atoms with Crippen LogP contribution < -0.4 is 4.74 Å². The summed E-state index contributed by atoms with van der Waals surface area (Å²) in [4.78, 5) is 14.1. The van der Waals surface area contributed by atoms with Crippen LogP contribution in [0.5, 0.6) is 5.75 Å². The lowest BCUT2D eigenvalue weighted by Gasteiger charge is -2.17. The predicted molar refractivity (Wildman–Crippen MR) is 103 cm³/mol. The molecule has 0 fully saturated rings. The summed E-state index contributed by atoms with van der Waals surface area (Å²) < 4.78 is 23.9. The summed E-state index contributed by atoms with van der Waals surface area (Å²) in [5.74, 6) is 1.18. The van der Waals surface area contributed by atoms with Crippen molar-refractivity contribution in [2.75, 3.05) is 7.05 Å². The average Bonchev–Trinajstić information content (AvgIpc) is 3.00. The second-order valence-electron chi connectivity index (χ2n) is 6.79. The van der Waals surface area contributed by atoms with Crippen molar-refractivity contribution in [2.24, 2.45) is 0 Å². The van der Waals surface area contributed by atoms with Gasteiger partial charge in [0.15, 0.2) is 0 Å². The quantitative estimate of drug-likeness (QED) is 0.614. The first-order chi connectivity index (χ1) is 13.4. The summed E-state index contributed by atoms with van der Waals surface area (Å²) in [6.07, 6.45) is 0.293.